The average Bonchev–Trinajstić information content (AvgIpc) is 2.95. The minimum Gasteiger partial charge on any atom is -0.330 e. The van der Waals surface area contributed by atoms with E-state index in [1.807, 2.05) is 27.0 Å². The number of thioether (sulfide) groups is 1. The van der Waals surface area contributed by atoms with Gasteiger partial charge >= 0.3 is 0 Å². The lowest BCUT2D eigenvalue weighted by molar-refractivity contribution is -0.116. The van der Waals surface area contributed by atoms with Gasteiger partial charge in [-0.1, -0.05) is 31.7 Å². The average molecular weight is 417 g/mol. The van der Waals surface area contributed by atoms with Gasteiger partial charge in [-0.2, -0.15) is 0 Å². The monoisotopic (exact) mass is 416 g/mol. The molecule has 0 saturated carbocycles. The second-order valence-corrected chi connectivity index (χ2v) is 8.32. The molecule has 0 bridgehead atoms. The Morgan fingerprint density at radius 3 is 2.59 bits per heavy atom. The Labute approximate surface area is 173 Å². The number of benzene rings is 1. The quantitative estimate of drug-likeness (QED) is 0.488. The maximum absolute atomic E-state index is 14.1. The second kappa shape index (κ2) is 8.41. The van der Waals surface area contributed by atoms with Crippen LogP contribution in [0.3, 0.4) is 0 Å². The summed E-state index contributed by atoms with van der Waals surface area (Å²) >= 11 is 1.42. The summed E-state index contributed by atoms with van der Waals surface area (Å²) in [5, 5.41) is 3.24. The number of amides is 1. The molecule has 0 unspecified atom stereocenters. The third kappa shape index (κ3) is 4.37. The minimum atomic E-state index is -0.488. The van der Waals surface area contributed by atoms with Crippen LogP contribution < -0.4 is 10.9 Å². The molecule has 0 atom stereocenters. The van der Waals surface area contributed by atoms with Crippen LogP contribution in [0.1, 0.15) is 25.1 Å². The van der Waals surface area contributed by atoms with Crippen LogP contribution in [0, 0.1) is 25.6 Å². The summed E-state index contributed by atoms with van der Waals surface area (Å²) in [5.74, 6) is -0.620. The maximum atomic E-state index is 14.1. The first-order valence-corrected chi connectivity index (χ1v) is 10.6. The number of carbonyl (C=O) groups is 1. The molecule has 2 aromatic heterocycles. The molecule has 0 fully saturated rings. The lowest BCUT2D eigenvalue weighted by Gasteiger charge is -2.14. The van der Waals surface area contributed by atoms with E-state index in [1.54, 1.807) is 28.2 Å². The number of halogens is 1. The molecule has 154 valence electrons. The first-order valence-electron chi connectivity index (χ1n) is 9.42. The summed E-state index contributed by atoms with van der Waals surface area (Å²) in [7, 11) is 0. The van der Waals surface area contributed by atoms with Gasteiger partial charge in [0.1, 0.15) is 17.9 Å². The van der Waals surface area contributed by atoms with Crippen LogP contribution in [0.25, 0.3) is 11.0 Å². The van der Waals surface area contributed by atoms with E-state index < -0.39 is 11.7 Å². The standard InChI is InChI=1S/C21H25FN4O2S/c1-12(2)10-26-20(28)19-17(24-21(26)29-5)9-14(4)25(19)11-18(27)23-16-7-6-13(3)8-15(16)22/h6-9,12H,10-11H2,1-5H3,(H,23,27). The van der Waals surface area contributed by atoms with Crippen LogP contribution in [0.5, 0.6) is 0 Å². The van der Waals surface area contributed by atoms with E-state index in [4.69, 9.17) is 0 Å². The molecule has 8 heteroatoms. The van der Waals surface area contributed by atoms with Crippen molar-refractivity contribution in [2.75, 3.05) is 11.6 Å². The first kappa shape index (κ1) is 21.1. The summed E-state index contributed by atoms with van der Waals surface area (Å²) in [6, 6.07) is 6.43. The number of aromatic nitrogens is 3. The molecular formula is C21H25FN4O2S. The Morgan fingerprint density at radius 2 is 1.97 bits per heavy atom. The van der Waals surface area contributed by atoms with Crippen LogP contribution >= 0.6 is 11.8 Å². The topological polar surface area (TPSA) is 68.9 Å². The number of rotatable bonds is 6. The van der Waals surface area contributed by atoms with Crippen molar-refractivity contribution in [2.24, 2.45) is 5.92 Å². The van der Waals surface area contributed by atoms with E-state index >= 15 is 0 Å². The molecular weight excluding hydrogens is 391 g/mol. The molecule has 0 aliphatic rings. The molecule has 29 heavy (non-hydrogen) atoms. The zero-order valence-corrected chi connectivity index (χ0v) is 18.1. The van der Waals surface area contributed by atoms with Crippen LogP contribution in [-0.4, -0.2) is 26.3 Å². The van der Waals surface area contributed by atoms with Crippen molar-refractivity contribution in [1.29, 1.82) is 0 Å². The van der Waals surface area contributed by atoms with Crippen LogP contribution in [0.15, 0.2) is 34.2 Å². The van der Waals surface area contributed by atoms with Crippen molar-refractivity contribution in [2.45, 2.75) is 45.9 Å². The SMILES string of the molecule is CSc1nc2cc(C)n(CC(=O)Nc3ccc(C)cc3F)c2c(=O)n1CC(C)C. The highest BCUT2D eigenvalue weighted by atomic mass is 32.2. The third-order valence-corrected chi connectivity index (χ3v) is 5.29. The summed E-state index contributed by atoms with van der Waals surface area (Å²) in [4.78, 5) is 30.4. The van der Waals surface area contributed by atoms with E-state index in [-0.39, 0.29) is 23.7 Å². The van der Waals surface area contributed by atoms with Gasteiger partial charge in [0.05, 0.1) is 11.2 Å². The highest BCUT2D eigenvalue weighted by Gasteiger charge is 2.19. The molecule has 1 amide bonds. The van der Waals surface area contributed by atoms with Gasteiger partial charge in [-0.05, 0) is 49.8 Å². The Balaban J connectivity index is 1.99. The molecule has 0 aliphatic carbocycles. The van der Waals surface area contributed by atoms with Crippen molar-refractivity contribution >= 4 is 34.4 Å². The van der Waals surface area contributed by atoms with Gasteiger partial charge in [0.15, 0.2) is 5.16 Å². The lowest BCUT2D eigenvalue weighted by Crippen LogP contribution is -2.28. The van der Waals surface area contributed by atoms with Crippen molar-refractivity contribution < 1.29 is 9.18 Å². The van der Waals surface area contributed by atoms with Gasteiger partial charge in [0.2, 0.25) is 5.91 Å². The first-order chi connectivity index (χ1) is 13.7. The van der Waals surface area contributed by atoms with Gasteiger partial charge in [-0.25, -0.2) is 9.37 Å². The zero-order valence-electron chi connectivity index (χ0n) is 17.2. The van der Waals surface area contributed by atoms with Crippen molar-refractivity contribution in [3.8, 4) is 0 Å². The van der Waals surface area contributed by atoms with Gasteiger partial charge in [0.25, 0.3) is 5.56 Å². The summed E-state index contributed by atoms with van der Waals surface area (Å²) < 4.78 is 17.4. The molecule has 0 saturated heterocycles. The van der Waals surface area contributed by atoms with Gasteiger partial charge in [-0.3, -0.25) is 14.2 Å². The second-order valence-electron chi connectivity index (χ2n) is 7.55. The highest BCUT2D eigenvalue weighted by Crippen LogP contribution is 2.21. The molecule has 0 aliphatic heterocycles. The molecule has 6 nitrogen and oxygen atoms in total. The predicted octanol–water partition coefficient (Wildman–Crippen LogP) is 3.97. The van der Waals surface area contributed by atoms with Crippen molar-refractivity contribution in [3.05, 3.63) is 51.7 Å². The number of fused-ring (bicyclic) bond motifs is 1. The van der Waals surface area contributed by atoms with Crippen molar-refractivity contribution in [3.63, 3.8) is 0 Å². The van der Waals surface area contributed by atoms with Crippen LogP contribution in [-0.2, 0) is 17.9 Å². The predicted molar refractivity (Wildman–Crippen MR) is 115 cm³/mol. The van der Waals surface area contributed by atoms with Gasteiger partial charge in [0, 0.05) is 12.2 Å². The smallest absolute Gasteiger partial charge is 0.278 e. The molecule has 0 spiro atoms. The fourth-order valence-corrected chi connectivity index (χ4v) is 3.86. The van der Waals surface area contributed by atoms with Crippen LogP contribution in [0.4, 0.5) is 10.1 Å². The fraction of sp³-hybridized carbons (Fsp3) is 0.381. The number of hydrogen-bond acceptors (Lipinski definition) is 4. The number of nitrogens with one attached hydrogen (secondary N) is 1. The molecule has 3 rings (SSSR count). The van der Waals surface area contributed by atoms with Crippen molar-refractivity contribution in [1.82, 2.24) is 14.1 Å². The maximum Gasteiger partial charge on any atom is 0.278 e. The normalized spacial score (nSPS) is 11.4. The minimum absolute atomic E-state index is 0.0974. The summed E-state index contributed by atoms with van der Waals surface area (Å²) in [5.41, 5.74) is 2.42. The van der Waals surface area contributed by atoms with E-state index in [2.05, 4.69) is 10.3 Å². The lowest BCUT2D eigenvalue weighted by atomic mass is 10.2. The number of anilines is 1. The highest BCUT2D eigenvalue weighted by molar-refractivity contribution is 7.98. The Bertz CT molecular complexity index is 1130. The fourth-order valence-electron chi connectivity index (χ4n) is 3.29. The summed E-state index contributed by atoms with van der Waals surface area (Å²) in [6.45, 7) is 8.13. The number of aryl methyl sites for hydroxylation is 2. The van der Waals surface area contributed by atoms with E-state index in [9.17, 15) is 14.0 Å². The summed E-state index contributed by atoms with van der Waals surface area (Å²) in [6.07, 6.45) is 1.89. The van der Waals surface area contributed by atoms with E-state index in [0.717, 1.165) is 11.3 Å². The Kier molecular flexibility index (Phi) is 6.12. The molecule has 1 aromatic carbocycles. The molecule has 3 aromatic rings. The van der Waals surface area contributed by atoms with Crippen LogP contribution in [0.2, 0.25) is 0 Å². The third-order valence-electron chi connectivity index (χ3n) is 4.61. The molecule has 1 N–H and O–H groups in total. The number of nitrogens with zero attached hydrogens (tertiary/aromatic N) is 3. The number of carbonyl (C=O) groups excluding carboxylic acids is 1. The Morgan fingerprint density at radius 1 is 1.24 bits per heavy atom. The molecule has 2 heterocycles. The van der Waals surface area contributed by atoms with E-state index in [1.165, 1.54) is 23.9 Å². The number of hydrogen-bond donors (Lipinski definition) is 1. The largest absolute Gasteiger partial charge is 0.330 e. The van der Waals surface area contributed by atoms with Gasteiger partial charge in [-0.15, -0.1) is 0 Å². The van der Waals surface area contributed by atoms with Gasteiger partial charge < -0.3 is 9.88 Å². The van der Waals surface area contributed by atoms with E-state index in [0.29, 0.717) is 22.7 Å². The Hall–Kier alpha value is -2.61. The zero-order chi connectivity index (χ0) is 21.3. The molecule has 0 radical (unpaired) electrons.